The smallest absolute Gasteiger partial charge is 0.331 e. The summed E-state index contributed by atoms with van der Waals surface area (Å²) in [5, 5.41) is 12.1. The lowest BCUT2D eigenvalue weighted by Crippen LogP contribution is -2.10. The highest BCUT2D eigenvalue weighted by molar-refractivity contribution is 5.92. The van der Waals surface area contributed by atoms with E-state index in [0.717, 1.165) is 27.8 Å². The average molecular weight is 341 g/mol. The number of hydrogen-bond donors (Lipinski definition) is 2. The Hall–Kier alpha value is -2.62. The van der Waals surface area contributed by atoms with Gasteiger partial charge < -0.3 is 10.4 Å². The van der Waals surface area contributed by atoms with E-state index in [-0.39, 0.29) is 17.4 Å². The van der Waals surface area contributed by atoms with Gasteiger partial charge in [0, 0.05) is 11.6 Å². The van der Waals surface area contributed by atoms with Crippen LogP contribution in [0.5, 0.6) is 0 Å². The van der Waals surface area contributed by atoms with E-state index in [2.05, 4.69) is 5.32 Å². The summed E-state index contributed by atoms with van der Waals surface area (Å²) in [6.45, 7) is 9.37. The Balaban J connectivity index is 2.44. The number of benzene rings is 2. The summed E-state index contributed by atoms with van der Waals surface area (Å²) in [7, 11) is 0. The molecule has 2 N–H and O–H groups in total. The van der Waals surface area contributed by atoms with Crippen LogP contribution in [0.2, 0.25) is 0 Å². The van der Waals surface area contributed by atoms with Crippen LogP contribution >= 0.6 is 0 Å². The highest BCUT2D eigenvalue weighted by Crippen LogP contribution is 2.30. The summed E-state index contributed by atoms with van der Waals surface area (Å²) < 4.78 is 14.3. The molecule has 132 valence electrons. The summed E-state index contributed by atoms with van der Waals surface area (Å²) in [5.74, 6) is -1.22. The van der Waals surface area contributed by atoms with Gasteiger partial charge >= 0.3 is 5.97 Å². The van der Waals surface area contributed by atoms with E-state index in [9.17, 15) is 9.18 Å². The Kier molecular flexibility index (Phi) is 5.62. The molecule has 0 amide bonds. The maximum atomic E-state index is 14.3. The highest BCUT2D eigenvalue weighted by atomic mass is 19.1. The van der Waals surface area contributed by atoms with Gasteiger partial charge in [-0.3, -0.25) is 0 Å². The van der Waals surface area contributed by atoms with Crippen LogP contribution in [0.1, 0.15) is 37.5 Å². The van der Waals surface area contributed by atoms with E-state index in [1.807, 2.05) is 45.9 Å². The van der Waals surface area contributed by atoms with Gasteiger partial charge in [0.1, 0.15) is 5.82 Å². The molecule has 2 rings (SSSR count). The minimum Gasteiger partial charge on any atom is -0.478 e. The molecule has 4 heteroatoms. The van der Waals surface area contributed by atoms with Crippen LogP contribution in [0.3, 0.4) is 0 Å². The third-order valence-corrected chi connectivity index (χ3v) is 4.05. The zero-order valence-corrected chi connectivity index (χ0v) is 15.3. The molecule has 0 atom stereocenters. The standard InChI is InChI=1S/C21H24FNO2/c1-12(2)23-20-7-6-16(11-19(20)22)18-10-13(3)17(8-14(18)4)9-15(5)21(24)25/h6-12,23H,1-5H3,(H,24,25). The normalized spacial score (nSPS) is 11.7. The Labute approximate surface area is 148 Å². The fourth-order valence-corrected chi connectivity index (χ4v) is 2.71. The number of carboxylic acids is 1. The highest BCUT2D eigenvalue weighted by Gasteiger charge is 2.10. The van der Waals surface area contributed by atoms with Crippen molar-refractivity contribution in [1.82, 2.24) is 0 Å². The molecule has 0 aliphatic heterocycles. The second-order valence-corrected chi connectivity index (χ2v) is 6.65. The van der Waals surface area contributed by atoms with Crippen molar-refractivity contribution in [2.24, 2.45) is 0 Å². The van der Waals surface area contributed by atoms with Crippen LogP contribution < -0.4 is 5.32 Å². The Bertz CT molecular complexity index is 838. The molecule has 0 aliphatic carbocycles. The molecule has 0 fully saturated rings. The summed E-state index contributed by atoms with van der Waals surface area (Å²) >= 11 is 0. The van der Waals surface area contributed by atoms with Crippen LogP contribution in [-0.2, 0) is 4.79 Å². The van der Waals surface area contributed by atoms with Gasteiger partial charge in [0.25, 0.3) is 0 Å². The molecular formula is C21H24FNO2. The number of hydrogen-bond acceptors (Lipinski definition) is 2. The van der Waals surface area contributed by atoms with E-state index in [0.29, 0.717) is 5.69 Å². The minimum absolute atomic E-state index is 0.160. The zero-order chi connectivity index (χ0) is 18.7. The number of aryl methyl sites for hydroxylation is 2. The topological polar surface area (TPSA) is 49.3 Å². The molecule has 0 bridgehead atoms. The maximum Gasteiger partial charge on any atom is 0.331 e. The van der Waals surface area contributed by atoms with Gasteiger partial charge in [0.05, 0.1) is 5.69 Å². The van der Waals surface area contributed by atoms with Crippen molar-refractivity contribution in [3.8, 4) is 11.1 Å². The molecule has 3 nitrogen and oxygen atoms in total. The molecule has 25 heavy (non-hydrogen) atoms. The van der Waals surface area contributed by atoms with E-state index < -0.39 is 5.97 Å². The quantitative estimate of drug-likeness (QED) is 0.714. The van der Waals surface area contributed by atoms with Gasteiger partial charge in [-0.2, -0.15) is 0 Å². The first kappa shape index (κ1) is 18.7. The largest absolute Gasteiger partial charge is 0.478 e. The lowest BCUT2D eigenvalue weighted by molar-refractivity contribution is -0.132. The van der Waals surface area contributed by atoms with Crippen molar-refractivity contribution in [3.05, 3.63) is 58.4 Å². The van der Waals surface area contributed by atoms with E-state index in [1.165, 1.54) is 6.07 Å². The molecular weight excluding hydrogens is 317 g/mol. The molecule has 0 aliphatic rings. The number of aliphatic carboxylic acids is 1. The van der Waals surface area contributed by atoms with Crippen molar-refractivity contribution in [2.45, 2.75) is 40.7 Å². The fourth-order valence-electron chi connectivity index (χ4n) is 2.71. The van der Waals surface area contributed by atoms with E-state index in [1.54, 1.807) is 19.1 Å². The van der Waals surface area contributed by atoms with Gasteiger partial charge in [0.15, 0.2) is 0 Å². The van der Waals surface area contributed by atoms with E-state index in [4.69, 9.17) is 5.11 Å². The minimum atomic E-state index is -0.934. The number of halogens is 1. The van der Waals surface area contributed by atoms with Crippen LogP contribution in [-0.4, -0.2) is 17.1 Å². The number of anilines is 1. The monoisotopic (exact) mass is 341 g/mol. The third kappa shape index (κ3) is 4.47. The van der Waals surface area contributed by atoms with Crippen LogP contribution in [0.4, 0.5) is 10.1 Å². The molecule has 0 aromatic heterocycles. The van der Waals surface area contributed by atoms with Gasteiger partial charge in [-0.05, 0) is 80.6 Å². The van der Waals surface area contributed by atoms with Gasteiger partial charge in [-0.25, -0.2) is 9.18 Å². The van der Waals surface area contributed by atoms with Gasteiger partial charge in [-0.15, -0.1) is 0 Å². The van der Waals surface area contributed by atoms with Crippen molar-refractivity contribution >= 4 is 17.7 Å². The molecule has 0 heterocycles. The van der Waals surface area contributed by atoms with Crippen molar-refractivity contribution in [2.75, 3.05) is 5.32 Å². The summed E-state index contributed by atoms with van der Waals surface area (Å²) in [5.41, 5.74) is 5.30. The lowest BCUT2D eigenvalue weighted by atomic mass is 9.94. The number of nitrogens with one attached hydrogen (secondary N) is 1. The maximum absolute atomic E-state index is 14.3. The number of rotatable bonds is 5. The third-order valence-electron chi connectivity index (χ3n) is 4.05. The van der Waals surface area contributed by atoms with Crippen molar-refractivity contribution in [1.29, 1.82) is 0 Å². The summed E-state index contributed by atoms with van der Waals surface area (Å²) in [6.07, 6.45) is 1.66. The fraction of sp³-hybridized carbons (Fsp3) is 0.286. The first-order valence-electron chi connectivity index (χ1n) is 8.28. The second kappa shape index (κ2) is 7.51. The molecule has 2 aromatic carbocycles. The Morgan fingerprint density at radius 3 is 2.40 bits per heavy atom. The molecule has 2 aromatic rings. The van der Waals surface area contributed by atoms with Crippen molar-refractivity contribution < 1.29 is 14.3 Å². The van der Waals surface area contributed by atoms with Gasteiger partial charge in [-0.1, -0.05) is 18.2 Å². The molecule has 0 radical (unpaired) electrons. The molecule has 0 saturated carbocycles. The first-order valence-corrected chi connectivity index (χ1v) is 8.28. The predicted molar refractivity (Wildman–Crippen MR) is 101 cm³/mol. The number of carboxylic acid groups (broad SMARTS) is 1. The summed E-state index contributed by atoms with van der Waals surface area (Å²) in [4.78, 5) is 11.0. The molecule has 0 spiro atoms. The van der Waals surface area contributed by atoms with Gasteiger partial charge in [0.2, 0.25) is 0 Å². The molecule has 0 unspecified atom stereocenters. The lowest BCUT2D eigenvalue weighted by Gasteiger charge is -2.14. The van der Waals surface area contributed by atoms with Crippen LogP contribution in [0.15, 0.2) is 35.9 Å². The zero-order valence-electron chi connectivity index (χ0n) is 15.3. The second-order valence-electron chi connectivity index (χ2n) is 6.65. The van der Waals surface area contributed by atoms with Crippen LogP contribution in [0.25, 0.3) is 17.2 Å². The predicted octanol–water partition coefficient (Wildman–Crippen LogP) is 5.42. The van der Waals surface area contributed by atoms with Crippen LogP contribution in [0, 0.1) is 19.7 Å². The molecule has 0 saturated heterocycles. The Morgan fingerprint density at radius 2 is 1.84 bits per heavy atom. The summed E-state index contributed by atoms with van der Waals surface area (Å²) in [6, 6.07) is 9.25. The first-order chi connectivity index (χ1) is 11.7. The SMILES string of the molecule is CC(=Cc1cc(C)c(-c2ccc(NC(C)C)c(F)c2)cc1C)C(=O)O. The Morgan fingerprint density at radius 1 is 1.16 bits per heavy atom. The number of carbonyl (C=O) groups is 1. The van der Waals surface area contributed by atoms with E-state index >= 15 is 0 Å². The van der Waals surface area contributed by atoms with Crippen molar-refractivity contribution in [3.63, 3.8) is 0 Å². The average Bonchev–Trinajstić information content (AvgIpc) is 2.52.